The van der Waals surface area contributed by atoms with Crippen LogP contribution in [0.15, 0.2) is 36.4 Å². The molecule has 2 aromatic rings. The molecule has 25 heavy (non-hydrogen) atoms. The maximum Gasteiger partial charge on any atom is 0.238 e. The Kier molecular flexibility index (Phi) is 4.94. The number of hydrogen-bond donors (Lipinski definition) is 1. The molecule has 0 aromatic heterocycles. The van der Waals surface area contributed by atoms with E-state index in [1.54, 1.807) is 50.5 Å². The highest BCUT2D eigenvalue weighted by atomic mass is 32.2. The molecule has 132 valence electrons. The van der Waals surface area contributed by atoms with E-state index in [4.69, 9.17) is 14.2 Å². The second-order valence-corrected chi connectivity index (χ2v) is 6.47. The van der Waals surface area contributed by atoms with Crippen molar-refractivity contribution in [3.05, 3.63) is 42.0 Å². The highest BCUT2D eigenvalue weighted by molar-refractivity contribution is 8.00. The van der Waals surface area contributed by atoms with Gasteiger partial charge in [0.05, 0.1) is 27.1 Å². The molecule has 7 heteroatoms. The van der Waals surface area contributed by atoms with Crippen LogP contribution in [-0.4, -0.2) is 38.1 Å². The molecule has 3 rings (SSSR count). The Bertz CT molecular complexity index is 753. The van der Waals surface area contributed by atoms with Gasteiger partial charge < -0.3 is 19.3 Å². The topological polar surface area (TPSA) is 68.2 Å². The van der Waals surface area contributed by atoms with Crippen molar-refractivity contribution >= 4 is 23.4 Å². The fraction of sp³-hybridized carbons (Fsp3) is 0.278. The molecule has 1 fully saturated rings. The molecular formula is C18H19NO5S. The molecule has 1 heterocycles. The molecule has 1 atom stereocenters. The SMILES string of the molecule is COc1cc(C2SCC(=O)N2c2ccc(O)cc2)cc(OC)c1OC. The van der Waals surface area contributed by atoms with Gasteiger partial charge in [-0.2, -0.15) is 0 Å². The molecule has 0 spiro atoms. The first-order chi connectivity index (χ1) is 12.1. The normalized spacial score (nSPS) is 16.8. The molecule has 6 nitrogen and oxygen atoms in total. The summed E-state index contributed by atoms with van der Waals surface area (Å²) in [4.78, 5) is 14.1. The molecule has 0 saturated carbocycles. The fourth-order valence-corrected chi connectivity index (χ4v) is 3.96. The van der Waals surface area contributed by atoms with Crippen molar-refractivity contribution in [2.75, 3.05) is 32.0 Å². The maximum atomic E-state index is 12.4. The quantitative estimate of drug-likeness (QED) is 0.882. The maximum absolute atomic E-state index is 12.4. The minimum atomic E-state index is -0.217. The van der Waals surface area contributed by atoms with Crippen molar-refractivity contribution in [1.82, 2.24) is 0 Å². The van der Waals surface area contributed by atoms with Crippen LogP contribution >= 0.6 is 11.8 Å². The number of phenols is 1. The molecule has 0 aliphatic carbocycles. The zero-order valence-corrected chi connectivity index (χ0v) is 15.0. The van der Waals surface area contributed by atoms with Gasteiger partial charge in [-0.25, -0.2) is 0 Å². The fourth-order valence-electron chi connectivity index (χ4n) is 2.81. The third-order valence-corrected chi connectivity index (χ3v) is 5.18. The molecule has 2 aromatic carbocycles. The zero-order chi connectivity index (χ0) is 18.0. The van der Waals surface area contributed by atoms with E-state index in [2.05, 4.69) is 0 Å². The zero-order valence-electron chi connectivity index (χ0n) is 14.2. The standard InChI is InChI=1S/C18H19NO5S/c1-22-14-8-11(9-15(23-2)17(14)24-3)18-19(16(21)10-25-18)12-4-6-13(20)7-5-12/h4-9,18,20H,10H2,1-3H3. The number of anilines is 1. The van der Waals surface area contributed by atoms with Gasteiger partial charge in [-0.1, -0.05) is 0 Å². The number of methoxy groups -OCH3 is 3. The average Bonchev–Trinajstić information content (AvgIpc) is 3.02. The lowest BCUT2D eigenvalue weighted by molar-refractivity contribution is -0.115. The van der Waals surface area contributed by atoms with Crippen LogP contribution in [0, 0.1) is 0 Å². The van der Waals surface area contributed by atoms with Crippen molar-refractivity contribution in [1.29, 1.82) is 0 Å². The lowest BCUT2D eigenvalue weighted by Gasteiger charge is -2.25. The number of thioether (sulfide) groups is 1. The van der Waals surface area contributed by atoms with Crippen LogP contribution < -0.4 is 19.1 Å². The van der Waals surface area contributed by atoms with Gasteiger partial charge >= 0.3 is 0 Å². The van der Waals surface area contributed by atoms with Crippen LogP contribution in [0.2, 0.25) is 0 Å². The van der Waals surface area contributed by atoms with E-state index in [0.29, 0.717) is 23.0 Å². The molecule has 1 aliphatic rings. The predicted octanol–water partition coefficient (Wildman–Crippen LogP) is 3.20. The summed E-state index contributed by atoms with van der Waals surface area (Å²) in [5, 5.41) is 9.27. The first-order valence-electron chi connectivity index (χ1n) is 7.61. The Morgan fingerprint density at radius 1 is 1.04 bits per heavy atom. The van der Waals surface area contributed by atoms with Crippen molar-refractivity contribution in [3.8, 4) is 23.0 Å². The summed E-state index contributed by atoms with van der Waals surface area (Å²) < 4.78 is 16.2. The lowest BCUT2D eigenvalue weighted by Crippen LogP contribution is -2.27. The number of carbonyl (C=O) groups is 1. The highest BCUT2D eigenvalue weighted by Crippen LogP contribution is 2.47. The first-order valence-corrected chi connectivity index (χ1v) is 8.66. The first kappa shape index (κ1) is 17.3. The monoisotopic (exact) mass is 361 g/mol. The summed E-state index contributed by atoms with van der Waals surface area (Å²) in [7, 11) is 4.67. The van der Waals surface area contributed by atoms with Crippen molar-refractivity contribution < 1.29 is 24.1 Å². The van der Waals surface area contributed by atoms with Crippen LogP contribution in [0.5, 0.6) is 23.0 Å². The van der Waals surface area contributed by atoms with Gasteiger partial charge in [0.25, 0.3) is 0 Å². The van der Waals surface area contributed by atoms with E-state index < -0.39 is 0 Å². The number of phenolic OH excluding ortho intramolecular Hbond substituents is 1. The number of amides is 1. The minimum Gasteiger partial charge on any atom is -0.508 e. The van der Waals surface area contributed by atoms with Crippen LogP contribution in [0.3, 0.4) is 0 Å². The van der Waals surface area contributed by atoms with Gasteiger partial charge in [0.15, 0.2) is 11.5 Å². The van der Waals surface area contributed by atoms with E-state index in [9.17, 15) is 9.90 Å². The average molecular weight is 361 g/mol. The second kappa shape index (κ2) is 7.14. The van der Waals surface area contributed by atoms with Gasteiger partial charge in [0, 0.05) is 5.69 Å². The Hall–Kier alpha value is -2.54. The molecule has 1 saturated heterocycles. The summed E-state index contributed by atoms with van der Waals surface area (Å²) in [5.41, 5.74) is 1.60. The predicted molar refractivity (Wildman–Crippen MR) is 96.9 cm³/mol. The summed E-state index contributed by atoms with van der Waals surface area (Å²) in [6, 6.07) is 10.3. The highest BCUT2D eigenvalue weighted by Gasteiger charge is 2.35. The Morgan fingerprint density at radius 2 is 1.64 bits per heavy atom. The smallest absolute Gasteiger partial charge is 0.238 e. The minimum absolute atomic E-state index is 0.00874. The summed E-state index contributed by atoms with van der Waals surface area (Å²) in [5.74, 6) is 2.15. The Balaban J connectivity index is 2.05. The summed E-state index contributed by atoms with van der Waals surface area (Å²) in [6.07, 6.45) is 0. The third kappa shape index (κ3) is 3.19. The van der Waals surface area contributed by atoms with E-state index in [1.165, 1.54) is 11.8 Å². The number of nitrogens with zero attached hydrogens (tertiary/aromatic N) is 1. The van der Waals surface area contributed by atoms with Gasteiger partial charge in [-0.3, -0.25) is 9.69 Å². The second-order valence-electron chi connectivity index (χ2n) is 5.40. The molecule has 1 N–H and O–H groups in total. The Morgan fingerprint density at radius 3 is 2.16 bits per heavy atom. The molecule has 0 radical (unpaired) electrons. The molecular weight excluding hydrogens is 342 g/mol. The van der Waals surface area contributed by atoms with Gasteiger partial charge in [-0.05, 0) is 42.0 Å². The van der Waals surface area contributed by atoms with Crippen LogP contribution in [-0.2, 0) is 4.79 Å². The summed E-state index contributed by atoms with van der Waals surface area (Å²) >= 11 is 1.52. The van der Waals surface area contributed by atoms with Crippen LogP contribution in [0.1, 0.15) is 10.9 Å². The lowest BCUT2D eigenvalue weighted by atomic mass is 10.1. The van der Waals surface area contributed by atoms with E-state index in [-0.39, 0.29) is 17.0 Å². The number of carbonyl (C=O) groups excluding carboxylic acids is 1. The third-order valence-electron chi connectivity index (χ3n) is 3.97. The molecule has 1 amide bonds. The van der Waals surface area contributed by atoms with E-state index >= 15 is 0 Å². The van der Waals surface area contributed by atoms with Gasteiger partial charge in [0.2, 0.25) is 11.7 Å². The van der Waals surface area contributed by atoms with Crippen LogP contribution in [0.4, 0.5) is 5.69 Å². The summed E-state index contributed by atoms with van der Waals surface area (Å²) in [6.45, 7) is 0. The van der Waals surface area contributed by atoms with Gasteiger partial charge in [0.1, 0.15) is 11.1 Å². The largest absolute Gasteiger partial charge is 0.508 e. The molecule has 1 aliphatic heterocycles. The number of aromatic hydroxyl groups is 1. The van der Waals surface area contributed by atoms with Crippen molar-refractivity contribution in [3.63, 3.8) is 0 Å². The number of ether oxygens (including phenoxy) is 3. The Labute approximate surface area is 150 Å². The molecule has 1 unspecified atom stereocenters. The number of hydrogen-bond acceptors (Lipinski definition) is 6. The van der Waals surface area contributed by atoms with Gasteiger partial charge in [-0.15, -0.1) is 11.8 Å². The van der Waals surface area contributed by atoms with E-state index in [1.807, 2.05) is 12.1 Å². The van der Waals surface area contributed by atoms with E-state index in [0.717, 1.165) is 11.3 Å². The number of benzene rings is 2. The van der Waals surface area contributed by atoms with Crippen molar-refractivity contribution in [2.24, 2.45) is 0 Å². The molecule has 0 bridgehead atoms. The number of rotatable bonds is 5. The van der Waals surface area contributed by atoms with Crippen LogP contribution in [0.25, 0.3) is 0 Å². The van der Waals surface area contributed by atoms with Crippen molar-refractivity contribution in [2.45, 2.75) is 5.37 Å².